The van der Waals surface area contributed by atoms with E-state index in [4.69, 9.17) is 10.5 Å². The first-order chi connectivity index (χ1) is 8.61. The number of hydrogen-bond donors (Lipinski definition) is 2. The highest BCUT2D eigenvalue weighted by Gasteiger charge is 2.06. The van der Waals surface area contributed by atoms with Gasteiger partial charge in [0.1, 0.15) is 11.6 Å². The van der Waals surface area contributed by atoms with Crippen molar-refractivity contribution in [3.63, 3.8) is 0 Å². The van der Waals surface area contributed by atoms with Crippen LogP contribution in [0.5, 0.6) is 5.75 Å². The first-order valence-electron chi connectivity index (χ1n) is 5.26. The Labute approximate surface area is 113 Å². The highest BCUT2D eigenvalue weighted by molar-refractivity contribution is 9.10. The predicted octanol–water partition coefficient (Wildman–Crippen LogP) is 3.92. The van der Waals surface area contributed by atoms with Crippen LogP contribution < -0.4 is 15.8 Å². The van der Waals surface area contributed by atoms with Crippen molar-refractivity contribution in [1.82, 2.24) is 0 Å². The lowest BCUT2D eigenvalue weighted by Gasteiger charge is -2.12. The van der Waals surface area contributed by atoms with E-state index < -0.39 is 0 Å². The Morgan fingerprint density at radius 3 is 2.72 bits per heavy atom. The summed E-state index contributed by atoms with van der Waals surface area (Å²) in [5, 5.41) is 3.05. The van der Waals surface area contributed by atoms with Gasteiger partial charge >= 0.3 is 0 Å². The van der Waals surface area contributed by atoms with Gasteiger partial charge in [0.05, 0.1) is 23.0 Å². The predicted molar refractivity (Wildman–Crippen MR) is 74.8 cm³/mol. The van der Waals surface area contributed by atoms with Crippen molar-refractivity contribution in [3.8, 4) is 5.75 Å². The molecule has 0 spiro atoms. The molecule has 0 unspecified atom stereocenters. The summed E-state index contributed by atoms with van der Waals surface area (Å²) in [6.07, 6.45) is 0. The number of benzene rings is 2. The molecular formula is C13H12BrFN2O. The topological polar surface area (TPSA) is 47.3 Å². The van der Waals surface area contributed by atoms with Crippen LogP contribution in [0, 0.1) is 5.82 Å². The Morgan fingerprint density at radius 2 is 2.06 bits per heavy atom. The second-order valence-corrected chi connectivity index (χ2v) is 4.53. The van der Waals surface area contributed by atoms with Gasteiger partial charge in [0.25, 0.3) is 0 Å². The molecule has 0 aliphatic heterocycles. The van der Waals surface area contributed by atoms with Crippen LogP contribution in [0.4, 0.5) is 21.5 Å². The van der Waals surface area contributed by atoms with Crippen LogP contribution in [0.25, 0.3) is 0 Å². The summed E-state index contributed by atoms with van der Waals surface area (Å²) in [6.45, 7) is 0. The number of nitrogens with one attached hydrogen (secondary N) is 1. The normalized spacial score (nSPS) is 10.2. The van der Waals surface area contributed by atoms with Gasteiger partial charge in [0.15, 0.2) is 0 Å². The number of nitrogen functional groups attached to an aromatic ring is 1. The first kappa shape index (κ1) is 12.7. The molecule has 0 fully saturated rings. The Hall–Kier alpha value is -1.75. The Balaban J connectivity index is 2.31. The van der Waals surface area contributed by atoms with Crippen molar-refractivity contribution in [2.45, 2.75) is 0 Å². The molecule has 18 heavy (non-hydrogen) atoms. The average Bonchev–Trinajstić information content (AvgIpc) is 2.36. The second-order valence-electron chi connectivity index (χ2n) is 3.68. The number of para-hydroxylation sites is 1. The summed E-state index contributed by atoms with van der Waals surface area (Å²) in [7, 11) is 1.55. The van der Waals surface area contributed by atoms with E-state index in [1.807, 2.05) is 6.07 Å². The van der Waals surface area contributed by atoms with Crippen LogP contribution in [0.3, 0.4) is 0 Å². The molecule has 0 aromatic heterocycles. The van der Waals surface area contributed by atoms with E-state index in [9.17, 15) is 4.39 Å². The molecular weight excluding hydrogens is 299 g/mol. The SMILES string of the molecule is COc1cccc(Nc2ccc(Br)c(F)c2)c1N. The Kier molecular flexibility index (Phi) is 3.72. The molecule has 0 radical (unpaired) electrons. The fraction of sp³-hybridized carbons (Fsp3) is 0.0769. The second kappa shape index (κ2) is 5.27. The van der Waals surface area contributed by atoms with Gasteiger partial charge in [-0.1, -0.05) is 6.07 Å². The molecule has 2 aromatic carbocycles. The van der Waals surface area contributed by atoms with Crippen molar-refractivity contribution in [3.05, 3.63) is 46.7 Å². The summed E-state index contributed by atoms with van der Waals surface area (Å²) in [6, 6.07) is 10.2. The third-order valence-corrected chi connectivity index (χ3v) is 3.13. The molecule has 0 heterocycles. The number of nitrogens with two attached hydrogens (primary N) is 1. The van der Waals surface area contributed by atoms with Gasteiger partial charge in [-0.3, -0.25) is 0 Å². The molecule has 0 atom stereocenters. The minimum atomic E-state index is -0.332. The van der Waals surface area contributed by atoms with Crippen molar-refractivity contribution >= 4 is 33.0 Å². The third-order valence-electron chi connectivity index (χ3n) is 2.48. The van der Waals surface area contributed by atoms with E-state index in [0.717, 1.165) is 0 Å². The maximum atomic E-state index is 13.4. The lowest BCUT2D eigenvalue weighted by molar-refractivity contribution is 0.417. The zero-order chi connectivity index (χ0) is 13.1. The molecule has 2 aromatic rings. The van der Waals surface area contributed by atoms with Gasteiger partial charge in [-0.2, -0.15) is 0 Å². The van der Waals surface area contributed by atoms with E-state index in [1.54, 1.807) is 31.4 Å². The molecule has 0 aliphatic rings. The molecule has 3 N–H and O–H groups in total. The number of halogens is 2. The smallest absolute Gasteiger partial charge is 0.143 e. The fourth-order valence-corrected chi connectivity index (χ4v) is 1.81. The van der Waals surface area contributed by atoms with Crippen LogP contribution in [0.1, 0.15) is 0 Å². The molecule has 5 heteroatoms. The summed E-state index contributed by atoms with van der Waals surface area (Å²) in [4.78, 5) is 0. The number of ether oxygens (including phenoxy) is 1. The molecule has 3 nitrogen and oxygen atoms in total. The largest absolute Gasteiger partial charge is 0.495 e. The van der Waals surface area contributed by atoms with Crippen LogP contribution in [0.15, 0.2) is 40.9 Å². The summed E-state index contributed by atoms with van der Waals surface area (Å²) < 4.78 is 18.9. The van der Waals surface area contributed by atoms with Crippen molar-refractivity contribution < 1.29 is 9.13 Å². The van der Waals surface area contributed by atoms with Crippen LogP contribution in [-0.2, 0) is 0 Å². The van der Waals surface area contributed by atoms with Gasteiger partial charge in [-0.25, -0.2) is 4.39 Å². The van der Waals surface area contributed by atoms with Gasteiger partial charge in [-0.15, -0.1) is 0 Å². The van der Waals surface area contributed by atoms with Gasteiger partial charge < -0.3 is 15.8 Å². The molecule has 0 saturated heterocycles. The highest BCUT2D eigenvalue weighted by atomic mass is 79.9. The quantitative estimate of drug-likeness (QED) is 0.845. The molecule has 0 amide bonds. The molecule has 0 bridgehead atoms. The number of rotatable bonds is 3. The van der Waals surface area contributed by atoms with Crippen LogP contribution in [-0.4, -0.2) is 7.11 Å². The first-order valence-corrected chi connectivity index (χ1v) is 6.05. The van der Waals surface area contributed by atoms with Crippen LogP contribution in [0.2, 0.25) is 0 Å². The van der Waals surface area contributed by atoms with Crippen molar-refractivity contribution in [2.75, 3.05) is 18.2 Å². The Morgan fingerprint density at radius 1 is 1.28 bits per heavy atom. The average molecular weight is 311 g/mol. The van der Waals surface area contributed by atoms with E-state index in [-0.39, 0.29) is 5.82 Å². The monoisotopic (exact) mass is 310 g/mol. The molecule has 0 saturated carbocycles. The summed E-state index contributed by atoms with van der Waals surface area (Å²) >= 11 is 3.10. The van der Waals surface area contributed by atoms with Crippen molar-refractivity contribution in [1.29, 1.82) is 0 Å². The summed E-state index contributed by atoms with van der Waals surface area (Å²) in [5.41, 5.74) is 7.71. The zero-order valence-corrected chi connectivity index (χ0v) is 11.3. The maximum absolute atomic E-state index is 13.4. The zero-order valence-electron chi connectivity index (χ0n) is 9.71. The van der Waals surface area contributed by atoms with Crippen molar-refractivity contribution in [2.24, 2.45) is 0 Å². The summed E-state index contributed by atoms with van der Waals surface area (Å²) in [5.74, 6) is 0.249. The standard InChI is InChI=1S/C13H12BrFN2O/c1-18-12-4-2-3-11(13(12)16)17-8-5-6-9(14)10(15)7-8/h2-7,17H,16H2,1H3. The lowest BCUT2D eigenvalue weighted by Crippen LogP contribution is -1.99. The van der Waals surface area contributed by atoms with E-state index in [0.29, 0.717) is 27.3 Å². The Bertz CT molecular complexity index is 575. The minimum Gasteiger partial charge on any atom is -0.495 e. The van der Waals surface area contributed by atoms with E-state index in [2.05, 4.69) is 21.2 Å². The maximum Gasteiger partial charge on any atom is 0.143 e. The van der Waals surface area contributed by atoms with Crippen LogP contribution >= 0.6 is 15.9 Å². The number of anilines is 3. The van der Waals surface area contributed by atoms with Gasteiger partial charge in [-0.05, 0) is 46.3 Å². The molecule has 0 aliphatic carbocycles. The minimum absolute atomic E-state index is 0.332. The highest BCUT2D eigenvalue weighted by Crippen LogP contribution is 2.31. The number of hydrogen-bond acceptors (Lipinski definition) is 3. The number of methoxy groups -OCH3 is 1. The van der Waals surface area contributed by atoms with Gasteiger partial charge in [0, 0.05) is 5.69 Å². The lowest BCUT2D eigenvalue weighted by atomic mass is 10.2. The van der Waals surface area contributed by atoms with Gasteiger partial charge in [0.2, 0.25) is 0 Å². The molecule has 2 rings (SSSR count). The van der Waals surface area contributed by atoms with E-state index in [1.165, 1.54) is 6.07 Å². The third kappa shape index (κ3) is 2.56. The molecule has 94 valence electrons. The van der Waals surface area contributed by atoms with E-state index >= 15 is 0 Å². The fourth-order valence-electron chi connectivity index (χ4n) is 1.56.